The van der Waals surface area contributed by atoms with Crippen LogP contribution in [0.4, 0.5) is 0 Å². The fraction of sp³-hybridized carbons (Fsp3) is 0. The molecule has 0 aliphatic carbocycles. The summed E-state index contributed by atoms with van der Waals surface area (Å²) >= 11 is 1.93. The van der Waals surface area contributed by atoms with Gasteiger partial charge in [0.2, 0.25) is 0 Å². The molecule has 3 aromatic heterocycles. The number of nitrogens with zero attached hydrogens (tertiary/aromatic N) is 3. The Balaban J connectivity index is 1.16. The minimum atomic E-state index is 0.719. The van der Waals surface area contributed by atoms with Gasteiger partial charge in [0, 0.05) is 58.5 Å². The Bertz CT molecular complexity index is 3150. The minimum Gasteiger partial charge on any atom is -0.309 e. The van der Waals surface area contributed by atoms with E-state index in [1.807, 2.05) is 23.5 Å². The molecule has 4 heteroatoms. The highest BCUT2D eigenvalue weighted by molar-refractivity contribution is 7.27. The van der Waals surface area contributed by atoms with Crippen molar-refractivity contribution in [1.82, 2.24) is 14.5 Å². The number of benzene rings is 8. The molecular formula is C46H27N3S. The van der Waals surface area contributed by atoms with Crippen LogP contribution in [0.3, 0.4) is 0 Å². The highest BCUT2D eigenvalue weighted by atomic mass is 32.1. The van der Waals surface area contributed by atoms with Crippen molar-refractivity contribution in [2.24, 2.45) is 0 Å². The van der Waals surface area contributed by atoms with Crippen LogP contribution >= 0.6 is 11.3 Å². The average Bonchev–Trinajstić information content (AvgIpc) is 3.73. The summed E-state index contributed by atoms with van der Waals surface area (Å²) in [4.78, 5) is 10.3. The average molecular weight is 654 g/mol. The summed E-state index contributed by atoms with van der Waals surface area (Å²) in [6.45, 7) is 0. The first-order chi connectivity index (χ1) is 24.8. The second kappa shape index (κ2) is 10.6. The van der Waals surface area contributed by atoms with Crippen LogP contribution in [0.15, 0.2) is 164 Å². The molecule has 0 bridgehead atoms. The predicted molar refractivity (Wildman–Crippen MR) is 213 cm³/mol. The third-order valence-corrected chi connectivity index (χ3v) is 11.4. The molecule has 11 rings (SSSR count). The van der Waals surface area contributed by atoms with E-state index in [1.165, 1.54) is 63.5 Å². The maximum Gasteiger partial charge on any atom is 0.160 e. The van der Waals surface area contributed by atoms with Crippen LogP contribution in [0.25, 0.3) is 103 Å². The highest BCUT2D eigenvalue weighted by Crippen LogP contribution is 2.46. The first-order valence-corrected chi connectivity index (χ1v) is 17.7. The fourth-order valence-electron chi connectivity index (χ4n) is 7.92. The summed E-state index contributed by atoms with van der Waals surface area (Å²) in [6.07, 6.45) is 0. The van der Waals surface area contributed by atoms with Gasteiger partial charge in [-0.3, -0.25) is 0 Å². The Morgan fingerprint density at radius 2 is 1.10 bits per heavy atom. The molecule has 0 fully saturated rings. The molecule has 0 atom stereocenters. The molecule has 0 amide bonds. The normalized spacial score (nSPS) is 12.0. The molecule has 50 heavy (non-hydrogen) atoms. The zero-order valence-electron chi connectivity index (χ0n) is 26.8. The van der Waals surface area contributed by atoms with Crippen LogP contribution < -0.4 is 0 Å². The van der Waals surface area contributed by atoms with Gasteiger partial charge in [-0.05, 0) is 46.5 Å². The Labute approximate surface area is 291 Å². The number of hydrogen-bond acceptors (Lipinski definition) is 3. The number of rotatable bonds is 3. The molecule has 0 radical (unpaired) electrons. The van der Waals surface area contributed by atoms with Crippen molar-refractivity contribution in [3.05, 3.63) is 164 Å². The van der Waals surface area contributed by atoms with Crippen molar-refractivity contribution in [3.63, 3.8) is 0 Å². The Morgan fingerprint density at radius 3 is 2.00 bits per heavy atom. The number of fused-ring (bicyclic) bond motifs is 12. The molecule has 232 valence electrons. The zero-order chi connectivity index (χ0) is 32.8. The molecule has 8 aromatic carbocycles. The van der Waals surface area contributed by atoms with Gasteiger partial charge in [0.1, 0.15) is 0 Å². The predicted octanol–water partition coefficient (Wildman–Crippen LogP) is 12.7. The van der Waals surface area contributed by atoms with Gasteiger partial charge in [-0.25, -0.2) is 9.97 Å². The van der Waals surface area contributed by atoms with Crippen LogP contribution in [0.1, 0.15) is 0 Å². The molecular weight excluding hydrogens is 627 g/mol. The van der Waals surface area contributed by atoms with Crippen LogP contribution in [-0.2, 0) is 0 Å². The van der Waals surface area contributed by atoms with E-state index in [0.29, 0.717) is 0 Å². The van der Waals surface area contributed by atoms with E-state index in [4.69, 9.17) is 9.97 Å². The first kappa shape index (κ1) is 27.6. The molecule has 11 aromatic rings. The number of aromatic nitrogens is 3. The van der Waals surface area contributed by atoms with E-state index in [2.05, 4.69) is 156 Å². The van der Waals surface area contributed by atoms with Crippen LogP contribution in [-0.4, -0.2) is 14.5 Å². The quantitative estimate of drug-likeness (QED) is 0.178. The van der Waals surface area contributed by atoms with Crippen molar-refractivity contribution in [2.75, 3.05) is 0 Å². The molecule has 3 heterocycles. The smallest absolute Gasteiger partial charge is 0.160 e. The molecule has 0 saturated heterocycles. The van der Waals surface area contributed by atoms with Crippen LogP contribution in [0.5, 0.6) is 0 Å². The third kappa shape index (κ3) is 3.97. The third-order valence-electron chi connectivity index (χ3n) is 10.2. The summed E-state index contributed by atoms with van der Waals surface area (Å²) in [5.41, 5.74) is 7.41. The van der Waals surface area contributed by atoms with Gasteiger partial charge >= 0.3 is 0 Å². The second-order valence-electron chi connectivity index (χ2n) is 12.9. The standard InChI is InChI=1S/C46H27N3S/c1-2-12-30(13-3-1)43-36-17-6-8-19-38(36)47-46(48-43)31-14-10-15-32(27-31)49-39-20-9-7-18-37(39)42-40(49)26-25-35-34-24-23-29-22-21-28-11-4-5-16-33(28)41(29)44(34)50-45(35)42/h1-27H. The SMILES string of the molecule is c1ccc(-c2nc(-c3cccc(-n4c5ccccc5c5c6sc7c(ccc8ccc9ccccc9c87)c6ccc54)c3)nc3ccccc23)cc1. The van der Waals surface area contributed by atoms with Gasteiger partial charge in [0.25, 0.3) is 0 Å². The number of para-hydroxylation sites is 2. The molecule has 0 aliphatic heterocycles. The molecule has 0 saturated carbocycles. The van der Waals surface area contributed by atoms with Crippen LogP contribution in [0, 0.1) is 0 Å². The molecule has 3 nitrogen and oxygen atoms in total. The lowest BCUT2D eigenvalue weighted by Gasteiger charge is -2.12. The summed E-state index contributed by atoms with van der Waals surface area (Å²) in [6, 6.07) is 58.7. The van der Waals surface area contributed by atoms with Crippen molar-refractivity contribution >= 4 is 85.8 Å². The Hall–Kier alpha value is -6.36. The lowest BCUT2D eigenvalue weighted by Crippen LogP contribution is -1.97. The Kier molecular flexibility index (Phi) is 5.83. The molecule has 0 unspecified atom stereocenters. The van der Waals surface area contributed by atoms with Gasteiger partial charge in [0.15, 0.2) is 5.82 Å². The van der Waals surface area contributed by atoms with E-state index in [-0.39, 0.29) is 0 Å². The lowest BCUT2D eigenvalue weighted by atomic mass is 9.99. The van der Waals surface area contributed by atoms with E-state index in [9.17, 15) is 0 Å². The topological polar surface area (TPSA) is 30.7 Å². The van der Waals surface area contributed by atoms with Gasteiger partial charge in [-0.2, -0.15) is 0 Å². The van der Waals surface area contributed by atoms with E-state index in [0.717, 1.165) is 39.2 Å². The van der Waals surface area contributed by atoms with E-state index >= 15 is 0 Å². The fourth-order valence-corrected chi connectivity index (χ4v) is 9.34. The number of hydrogen-bond donors (Lipinski definition) is 0. The molecule has 0 N–H and O–H groups in total. The van der Waals surface area contributed by atoms with E-state index in [1.54, 1.807) is 0 Å². The van der Waals surface area contributed by atoms with Gasteiger partial charge < -0.3 is 4.57 Å². The van der Waals surface area contributed by atoms with Crippen molar-refractivity contribution in [1.29, 1.82) is 0 Å². The van der Waals surface area contributed by atoms with Gasteiger partial charge in [-0.1, -0.05) is 133 Å². The summed E-state index contributed by atoms with van der Waals surface area (Å²) < 4.78 is 5.09. The largest absolute Gasteiger partial charge is 0.309 e. The first-order valence-electron chi connectivity index (χ1n) is 16.9. The van der Waals surface area contributed by atoms with Crippen molar-refractivity contribution < 1.29 is 0 Å². The van der Waals surface area contributed by atoms with Crippen molar-refractivity contribution in [2.45, 2.75) is 0 Å². The highest BCUT2D eigenvalue weighted by Gasteiger charge is 2.20. The van der Waals surface area contributed by atoms with Gasteiger partial charge in [0.05, 0.1) is 22.2 Å². The zero-order valence-corrected chi connectivity index (χ0v) is 27.7. The summed E-state index contributed by atoms with van der Waals surface area (Å²) in [7, 11) is 0. The number of thiophene rings is 1. The van der Waals surface area contributed by atoms with Crippen LogP contribution in [0.2, 0.25) is 0 Å². The van der Waals surface area contributed by atoms with Crippen molar-refractivity contribution in [3.8, 4) is 28.3 Å². The van der Waals surface area contributed by atoms with Gasteiger partial charge in [-0.15, -0.1) is 11.3 Å². The lowest BCUT2D eigenvalue weighted by molar-refractivity contribution is 1.17. The summed E-state index contributed by atoms with van der Waals surface area (Å²) in [5, 5.41) is 11.4. The second-order valence-corrected chi connectivity index (χ2v) is 14.0. The monoisotopic (exact) mass is 653 g/mol. The molecule has 0 aliphatic rings. The maximum atomic E-state index is 5.18. The Morgan fingerprint density at radius 1 is 0.420 bits per heavy atom. The van der Waals surface area contributed by atoms with E-state index < -0.39 is 0 Å². The maximum absolute atomic E-state index is 5.18. The summed E-state index contributed by atoms with van der Waals surface area (Å²) in [5.74, 6) is 0.719. The molecule has 0 spiro atoms. The minimum absolute atomic E-state index is 0.719.